The predicted molar refractivity (Wildman–Crippen MR) is 87.6 cm³/mol. The Morgan fingerprint density at radius 1 is 1.25 bits per heavy atom. The molecule has 2 aromatic heterocycles. The van der Waals surface area contributed by atoms with E-state index in [4.69, 9.17) is 9.47 Å². The molecule has 5 nitrogen and oxygen atoms in total. The third-order valence-corrected chi connectivity index (χ3v) is 3.58. The maximum atomic E-state index is 13.5. The van der Waals surface area contributed by atoms with Crippen LogP contribution in [0.4, 0.5) is 9.18 Å². The SMILES string of the molecule is CCOC(=O)Oc1cc2cc(F)ccc2n1Cc1ccnc(C)c1. The Kier molecular flexibility index (Phi) is 4.46. The molecule has 0 saturated carbocycles. The van der Waals surface area contributed by atoms with Crippen LogP contribution in [-0.4, -0.2) is 22.3 Å². The second kappa shape index (κ2) is 6.70. The number of hydrogen-bond donors (Lipinski definition) is 0. The molecule has 0 fully saturated rings. The van der Waals surface area contributed by atoms with Crippen LogP contribution in [0.2, 0.25) is 0 Å². The average molecular weight is 328 g/mol. The molecule has 0 atom stereocenters. The van der Waals surface area contributed by atoms with Crippen LogP contribution in [0.25, 0.3) is 10.9 Å². The number of rotatable bonds is 4. The highest BCUT2D eigenvalue weighted by molar-refractivity contribution is 5.83. The number of aromatic nitrogens is 2. The van der Waals surface area contributed by atoms with Gasteiger partial charge in [0, 0.05) is 23.3 Å². The summed E-state index contributed by atoms with van der Waals surface area (Å²) in [5, 5.41) is 0.653. The van der Waals surface area contributed by atoms with Crippen molar-refractivity contribution < 1.29 is 18.7 Å². The number of hydrogen-bond acceptors (Lipinski definition) is 4. The van der Waals surface area contributed by atoms with Crippen molar-refractivity contribution in [2.45, 2.75) is 20.4 Å². The number of pyridine rings is 1. The molecule has 3 aromatic rings. The van der Waals surface area contributed by atoms with Crippen molar-refractivity contribution in [3.8, 4) is 5.88 Å². The molecule has 0 aliphatic carbocycles. The first kappa shape index (κ1) is 16.0. The zero-order valence-corrected chi connectivity index (χ0v) is 13.5. The quantitative estimate of drug-likeness (QED) is 0.678. The number of carbonyl (C=O) groups excluding carboxylic acids is 1. The second-order valence-corrected chi connectivity index (χ2v) is 5.36. The Bertz CT molecular complexity index is 889. The van der Waals surface area contributed by atoms with E-state index in [0.29, 0.717) is 17.8 Å². The number of carbonyl (C=O) groups is 1. The van der Waals surface area contributed by atoms with Crippen LogP contribution in [0.1, 0.15) is 18.2 Å². The maximum absolute atomic E-state index is 13.5. The number of nitrogens with zero attached hydrogens (tertiary/aromatic N) is 2. The van der Waals surface area contributed by atoms with Gasteiger partial charge in [-0.2, -0.15) is 0 Å². The molecular formula is C18H17FN2O3. The van der Waals surface area contributed by atoms with Crippen LogP contribution in [-0.2, 0) is 11.3 Å². The topological polar surface area (TPSA) is 53.4 Å². The lowest BCUT2D eigenvalue weighted by atomic mass is 10.2. The highest BCUT2D eigenvalue weighted by Crippen LogP contribution is 2.28. The summed E-state index contributed by atoms with van der Waals surface area (Å²) in [5.41, 5.74) is 2.66. The van der Waals surface area contributed by atoms with Gasteiger partial charge in [0.25, 0.3) is 0 Å². The molecule has 0 amide bonds. The Morgan fingerprint density at radius 2 is 2.08 bits per heavy atom. The maximum Gasteiger partial charge on any atom is 0.515 e. The smallest absolute Gasteiger partial charge is 0.434 e. The molecule has 3 rings (SSSR count). The molecule has 0 aliphatic heterocycles. The minimum Gasteiger partial charge on any atom is -0.434 e. The van der Waals surface area contributed by atoms with Gasteiger partial charge >= 0.3 is 6.16 Å². The molecule has 124 valence electrons. The van der Waals surface area contributed by atoms with Crippen molar-refractivity contribution >= 4 is 17.1 Å². The molecule has 2 heterocycles. The van der Waals surface area contributed by atoms with E-state index in [1.165, 1.54) is 12.1 Å². The standard InChI is InChI=1S/C18H17FN2O3/c1-3-23-18(22)24-17-10-14-9-15(19)4-5-16(14)21(17)11-13-6-7-20-12(2)8-13/h4-10H,3,11H2,1-2H3. The van der Waals surface area contributed by atoms with E-state index in [1.807, 2.05) is 19.1 Å². The number of aryl methyl sites for hydroxylation is 1. The van der Waals surface area contributed by atoms with Crippen LogP contribution < -0.4 is 4.74 Å². The van der Waals surface area contributed by atoms with Crippen LogP contribution in [0.15, 0.2) is 42.6 Å². The summed E-state index contributed by atoms with van der Waals surface area (Å²) in [7, 11) is 0. The number of fused-ring (bicyclic) bond motifs is 1. The summed E-state index contributed by atoms with van der Waals surface area (Å²) in [6, 6.07) is 9.91. The molecule has 0 aliphatic rings. The first-order valence-electron chi connectivity index (χ1n) is 7.61. The monoisotopic (exact) mass is 328 g/mol. The van der Waals surface area contributed by atoms with Crippen LogP contribution in [0.5, 0.6) is 5.88 Å². The summed E-state index contributed by atoms with van der Waals surface area (Å²) >= 11 is 0. The van der Waals surface area contributed by atoms with Gasteiger partial charge in [-0.15, -0.1) is 0 Å². The minimum absolute atomic E-state index is 0.219. The molecule has 0 N–H and O–H groups in total. The minimum atomic E-state index is -0.784. The molecule has 1 aromatic carbocycles. The van der Waals surface area contributed by atoms with E-state index >= 15 is 0 Å². The van der Waals surface area contributed by atoms with Gasteiger partial charge in [-0.3, -0.25) is 4.98 Å². The van der Waals surface area contributed by atoms with Gasteiger partial charge in [0.15, 0.2) is 0 Å². The Labute approximate surface area is 138 Å². The summed E-state index contributed by atoms with van der Waals surface area (Å²) in [6.07, 6.45) is 0.940. The summed E-state index contributed by atoms with van der Waals surface area (Å²) in [6.45, 7) is 4.29. The molecule has 0 spiro atoms. The first-order chi connectivity index (χ1) is 11.6. The average Bonchev–Trinajstić information content (AvgIpc) is 2.84. The zero-order valence-electron chi connectivity index (χ0n) is 13.5. The van der Waals surface area contributed by atoms with E-state index in [2.05, 4.69) is 4.98 Å². The van der Waals surface area contributed by atoms with Crippen molar-refractivity contribution in [1.82, 2.24) is 9.55 Å². The van der Waals surface area contributed by atoms with Gasteiger partial charge in [-0.1, -0.05) is 0 Å². The van der Waals surface area contributed by atoms with Crippen LogP contribution in [0.3, 0.4) is 0 Å². The lowest BCUT2D eigenvalue weighted by Gasteiger charge is -2.11. The lowest BCUT2D eigenvalue weighted by molar-refractivity contribution is 0.101. The molecule has 24 heavy (non-hydrogen) atoms. The molecule has 0 unspecified atom stereocenters. The van der Waals surface area contributed by atoms with E-state index in [1.54, 1.807) is 29.8 Å². The first-order valence-corrected chi connectivity index (χ1v) is 7.61. The predicted octanol–water partition coefficient (Wildman–Crippen LogP) is 4.07. The lowest BCUT2D eigenvalue weighted by Crippen LogP contribution is -2.13. The van der Waals surface area contributed by atoms with Gasteiger partial charge in [-0.05, 0) is 49.7 Å². The van der Waals surface area contributed by atoms with Gasteiger partial charge in [0.05, 0.1) is 18.7 Å². The second-order valence-electron chi connectivity index (χ2n) is 5.36. The summed E-state index contributed by atoms with van der Waals surface area (Å²) < 4.78 is 25.4. The number of benzene rings is 1. The third kappa shape index (κ3) is 3.37. The molecule has 0 saturated heterocycles. The van der Waals surface area contributed by atoms with E-state index in [-0.39, 0.29) is 12.4 Å². The van der Waals surface area contributed by atoms with E-state index in [9.17, 15) is 9.18 Å². The molecular weight excluding hydrogens is 311 g/mol. The van der Waals surface area contributed by atoms with Gasteiger partial charge < -0.3 is 14.0 Å². The van der Waals surface area contributed by atoms with Crippen molar-refractivity contribution in [3.63, 3.8) is 0 Å². The van der Waals surface area contributed by atoms with E-state index in [0.717, 1.165) is 16.8 Å². The van der Waals surface area contributed by atoms with Crippen molar-refractivity contribution in [1.29, 1.82) is 0 Å². The normalized spacial score (nSPS) is 10.8. The van der Waals surface area contributed by atoms with Crippen molar-refractivity contribution in [2.24, 2.45) is 0 Å². The summed E-state index contributed by atoms with van der Waals surface area (Å²) in [4.78, 5) is 15.8. The fourth-order valence-corrected chi connectivity index (χ4v) is 2.58. The highest BCUT2D eigenvalue weighted by Gasteiger charge is 2.15. The zero-order chi connectivity index (χ0) is 17.1. The molecule has 0 bridgehead atoms. The van der Waals surface area contributed by atoms with Crippen molar-refractivity contribution in [2.75, 3.05) is 6.61 Å². The Balaban J connectivity index is 2.03. The molecule has 0 radical (unpaired) electrons. The Hall–Kier alpha value is -2.89. The van der Waals surface area contributed by atoms with Crippen LogP contribution in [0, 0.1) is 12.7 Å². The highest BCUT2D eigenvalue weighted by atomic mass is 19.1. The number of halogens is 1. The largest absolute Gasteiger partial charge is 0.515 e. The van der Waals surface area contributed by atoms with Gasteiger partial charge in [-0.25, -0.2) is 9.18 Å². The number of ether oxygens (including phenoxy) is 2. The third-order valence-electron chi connectivity index (χ3n) is 3.58. The molecule has 6 heteroatoms. The fraction of sp³-hybridized carbons (Fsp3) is 0.222. The van der Waals surface area contributed by atoms with Gasteiger partial charge in [0.2, 0.25) is 5.88 Å². The van der Waals surface area contributed by atoms with Crippen molar-refractivity contribution in [3.05, 3.63) is 59.7 Å². The van der Waals surface area contributed by atoms with Crippen LogP contribution >= 0.6 is 0 Å². The Morgan fingerprint density at radius 3 is 2.83 bits per heavy atom. The fourth-order valence-electron chi connectivity index (χ4n) is 2.58. The summed E-state index contributed by atoms with van der Waals surface area (Å²) in [5.74, 6) is -0.0365. The van der Waals surface area contributed by atoms with E-state index < -0.39 is 6.16 Å². The van der Waals surface area contributed by atoms with Gasteiger partial charge in [0.1, 0.15) is 5.82 Å².